The molecule has 0 spiro atoms. The van der Waals surface area contributed by atoms with Crippen LogP contribution < -0.4 is 5.32 Å². The van der Waals surface area contributed by atoms with Gasteiger partial charge in [0.2, 0.25) is 0 Å². The molecule has 2 rings (SSSR count). The normalized spacial score (nSPS) is 13.1. The van der Waals surface area contributed by atoms with Crippen LogP contribution in [0.1, 0.15) is 16.9 Å². The molecule has 1 unspecified atom stereocenters. The Balaban J connectivity index is 2.06. The predicted octanol–water partition coefficient (Wildman–Crippen LogP) is 2.18. The maximum absolute atomic E-state index is 11.4. The smallest absolute Gasteiger partial charge is 0.293 e. The molecule has 2 aromatic carbocycles. The summed E-state index contributed by atoms with van der Waals surface area (Å²) in [6.45, 7) is 0.696. The summed E-state index contributed by atoms with van der Waals surface area (Å²) in [5.74, 6) is -0.401. The molecular weight excluding hydrogens is 245 g/mol. The monoisotopic (exact) mass is 261 g/mol. The average molecular weight is 261 g/mol. The summed E-state index contributed by atoms with van der Waals surface area (Å²) >= 11 is 0. The van der Waals surface area contributed by atoms with Crippen molar-refractivity contribution in [2.24, 2.45) is 0 Å². The minimum Gasteiger partial charge on any atom is -0.293 e. The SMILES string of the molecule is O=[P+](O)[C@H]([NH2+]Cc1ccccc1)c1ccccc1. The summed E-state index contributed by atoms with van der Waals surface area (Å²) in [7, 11) is -2.24. The highest BCUT2D eigenvalue weighted by Crippen LogP contribution is 2.31. The van der Waals surface area contributed by atoms with E-state index in [2.05, 4.69) is 0 Å². The van der Waals surface area contributed by atoms with Gasteiger partial charge in [0.15, 0.2) is 0 Å². The first-order chi connectivity index (χ1) is 8.77. The van der Waals surface area contributed by atoms with Crippen LogP contribution in [-0.4, -0.2) is 4.89 Å². The molecular formula is C14H16NO2P+2. The fraction of sp³-hybridized carbons (Fsp3) is 0.143. The minimum atomic E-state index is -2.24. The lowest BCUT2D eigenvalue weighted by atomic mass is 10.2. The zero-order valence-corrected chi connectivity index (χ0v) is 10.8. The summed E-state index contributed by atoms with van der Waals surface area (Å²) in [5, 5.41) is 1.91. The molecule has 0 saturated carbocycles. The van der Waals surface area contributed by atoms with Gasteiger partial charge in [-0.25, -0.2) is 0 Å². The topological polar surface area (TPSA) is 53.9 Å². The highest BCUT2D eigenvalue weighted by molar-refractivity contribution is 7.38. The quantitative estimate of drug-likeness (QED) is 0.810. The zero-order valence-electron chi connectivity index (χ0n) is 9.94. The summed E-state index contributed by atoms with van der Waals surface area (Å²) in [5.41, 5.74) is 2.03. The summed E-state index contributed by atoms with van der Waals surface area (Å²) < 4.78 is 11.4. The van der Waals surface area contributed by atoms with Crippen molar-refractivity contribution in [1.82, 2.24) is 0 Å². The number of quaternary nitrogens is 1. The van der Waals surface area contributed by atoms with Gasteiger partial charge in [0, 0.05) is 5.56 Å². The van der Waals surface area contributed by atoms with Crippen molar-refractivity contribution in [1.29, 1.82) is 0 Å². The molecule has 0 aliphatic carbocycles. The first-order valence-electron chi connectivity index (χ1n) is 5.85. The lowest BCUT2D eigenvalue weighted by Gasteiger charge is -2.05. The molecule has 3 nitrogen and oxygen atoms in total. The van der Waals surface area contributed by atoms with Crippen LogP contribution in [-0.2, 0) is 11.1 Å². The number of hydrogen-bond donors (Lipinski definition) is 2. The van der Waals surface area contributed by atoms with E-state index in [1.807, 2.05) is 66.0 Å². The molecule has 2 atom stereocenters. The van der Waals surface area contributed by atoms with E-state index >= 15 is 0 Å². The summed E-state index contributed by atoms with van der Waals surface area (Å²) in [6, 6.07) is 19.4. The van der Waals surface area contributed by atoms with Gasteiger partial charge in [0.25, 0.3) is 0 Å². The first kappa shape index (κ1) is 12.9. The molecule has 0 aromatic heterocycles. The Hall–Kier alpha value is -1.54. The van der Waals surface area contributed by atoms with E-state index < -0.39 is 13.8 Å². The number of benzene rings is 2. The van der Waals surface area contributed by atoms with Crippen LogP contribution in [0.15, 0.2) is 60.7 Å². The highest BCUT2D eigenvalue weighted by Gasteiger charge is 2.34. The van der Waals surface area contributed by atoms with E-state index in [0.29, 0.717) is 6.54 Å². The van der Waals surface area contributed by atoms with Gasteiger partial charge in [-0.2, -0.15) is 4.89 Å². The van der Waals surface area contributed by atoms with Crippen LogP contribution in [0.5, 0.6) is 0 Å². The fourth-order valence-corrected chi connectivity index (χ4v) is 2.58. The summed E-state index contributed by atoms with van der Waals surface area (Å²) in [4.78, 5) is 9.42. The van der Waals surface area contributed by atoms with Gasteiger partial charge in [0.1, 0.15) is 6.54 Å². The third kappa shape index (κ3) is 3.47. The molecule has 0 amide bonds. The van der Waals surface area contributed by atoms with Gasteiger partial charge in [-0.1, -0.05) is 48.5 Å². The minimum absolute atomic E-state index is 0.401. The average Bonchev–Trinajstić information content (AvgIpc) is 2.41. The van der Waals surface area contributed by atoms with Crippen molar-refractivity contribution in [2.75, 3.05) is 0 Å². The largest absolute Gasteiger partial charge is 0.574 e. The Morgan fingerprint density at radius 3 is 2.11 bits per heavy atom. The van der Waals surface area contributed by atoms with E-state index in [9.17, 15) is 9.46 Å². The fourth-order valence-electron chi connectivity index (χ4n) is 1.87. The van der Waals surface area contributed by atoms with E-state index in [-0.39, 0.29) is 0 Å². The second-order valence-electron chi connectivity index (χ2n) is 4.08. The molecule has 92 valence electrons. The van der Waals surface area contributed by atoms with Gasteiger partial charge in [-0.05, 0) is 16.7 Å². The van der Waals surface area contributed by atoms with Crippen molar-refractivity contribution in [3.63, 3.8) is 0 Å². The number of nitrogens with two attached hydrogens (primary N) is 1. The van der Waals surface area contributed by atoms with E-state index in [4.69, 9.17) is 0 Å². The highest BCUT2D eigenvalue weighted by atomic mass is 31.1. The van der Waals surface area contributed by atoms with Crippen molar-refractivity contribution >= 4 is 8.03 Å². The Kier molecular flexibility index (Phi) is 4.59. The Morgan fingerprint density at radius 2 is 1.56 bits per heavy atom. The zero-order chi connectivity index (χ0) is 12.8. The molecule has 4 heteroatoms. The first-order valence-corrected chi connectivity index (χ1v) is 7.13. The molecule has 0 fully saturated rings. The van der Waals surface area contributed by atoms with E-state index in [1.54, 1.807) is 0 Å². The second-order valence-corrected chi connectivity index (χ2v) is 5.24. The molecule has 2 aromatic rings. The molecule has 18 heavy (non-hydrogen) atoms. The van der Waals surface area contributed by atoms with Gasteiger partial charge in [0.05, 0.1) is 5.56 Å². The molecule has 0 saturated heterocycles. The molecule has 0 bridgehead atoms. The van der Waals surface area contributed by atoms with E-state index in [0.717, 1.165) is 11.1 Å². The Morgan fingerprint density at radius 1 is 1.00 bits per heavy atom. The van der Waals surface area contributed by atoms with Crippen molar-refractivity contribution < 1.29 is 14.8 Å². The third-order valence-electron chi connectivity index (χ3n) is 2.80. The molecule has 0 aliphatic rings. The second kappa shape index (κ2) is 6.41. The molecule has 0 aliphatic heterocycles. The molecule has 3 N–H and O–H groups in total. The standard InChI is InChI=1S/C14H14NO2P/c16-18(17)14(13-9-5-2-6-10-13)15-11-12-7-3-1-4-8-12/h1-10,14-15H,11H2/p+2/t14-/m0/s1. The van der Waals surface area contributed by atoms with Crippen molar-refractivity contribution in [3.8, 4) is 0 Å². The van der Waals surface area contributed by atoms with Gasteiger partial charge < -0.3 is 0 Å². The number of rotatable bonds is 5. The van der Waals surface area contributed by atoms with Gasteiger partial charge in [-0.3, -0.25) is 5.32 Å². The number of hydrogen-bond acceptors (Lipinski definition) is 1. The van der Waals surface area contributed by atoms with Crippen LogP contribution in [0.25, 0.3) is 0 Å². The van der Waals surface area contributed by atoms with Crippen molar-refractivity contribution in [3.05, 3.63) is 71.8 Å². The van der Waals surface area contributed by atoms with Gasteiger partial charge in [-0.15, -0.1) is 0 Å². The lowest BCUT2D eigenvalue weighted by Crippen LogP contribution is -2.82. The van der Waals surface area contributed by atoms with Gasteiger partial charge >= 0.3 is 13.8 Å². The van der Waals surface area contributed by atoms with Crippen LogP contribution >= 0.6 is 8.03 Å². The predicted molar refractivity (Wildman–Crippen MR) is 71.1 cm³/mol. The van der Waals surface area contributed by atoms with Crippen molar-refractivity contribution in [2.45, 2.75) is 12.3 Å². The third-order valence-corrected chi connectivity index (χ3v) is 3.78. The lowest BCUT2D eigenvalue weighted by molar-refractivity contribution is -0.691. The Bertz CT molecular complexity index is 502. The molecule has 0 heterocycles. The van der Waals surface area contributed by atoms with Crippen LogP contribution in [0.3, 0.4) is 0 Å². The Labute approximate surface area is 107 Å². The van der Waals surface area contributed by atoms with Crippen LogP contribution in [0, 0.1) is 0 Å². The molecule has 0 radical (unpaired) electrons. The van der Waals surface area contributed by atoms with Crippen LogP contribution in [0.4, 0.5) is 0 Å². The maximum Gasteiger partial charge on any atom is 0.574 e. The maximum atomic E-state index is 11.4. The van der Waals surface area contributed by atoms with Crippen LogP contribution in [0.2, 0.25) is 0 Å². The van der Waals surface area contributed by atoms with E-state index in [1.165, 1.54) is 0 Å². The summed E-state index contributed by atoms with van der Waals surface area (Å²) in [6.07, 6.45) is 0.